The maximum absolute atomic E-state index is 11.5. The molecule has 2 amide bonds. The smallest absolute Gasteiger partial charge is 0.339 e. The molecule has 0 saturated heterocycles. The van der Waals surface area contributed by atoms with E-state index in [1.54, 1.807) is 13.0 Å². The fourth-order valence-corrected chi connectivity index (χ4v) is 1.75. The Labute approximate surface area is 139 Å². The number of carbonyl (C=O) groups excluding carboxylic acids is 2. The number of benzene rings is 1. The first-order chi connectivity index (χ1) is 11.5. The Hall–Kier alpha value is -2.90. The summed E-state index contributed by atoms with van der Waals surface area (Å²) in [4.78, 5) is 34.1. The molecule has 1 rings (SSSR count). The summed E-state index contributed by atoms with van der Waals surface area (Å²) in [5, 5.41) is 15.3. The molecule has 1 aromatic carbocycles. The third-order valence-electron chi connectivity index (χ3n) is 2.94. The quantitative estimate of drug-likeness (QED) is 0.285. The predicted octanol–water partition coefficient (Wildman–Crippen LogP) is 1.15. The van der Waals surface area contributed by atoms with Gasteiger partial charge in [0.2, 0.25) is 0 Å². The molecule has 0 fully saturated rings. The number of ether oxygens (including phenoxy) is 1. The van der Waals surface area contributed by atoms with Crippen LogP contribution in [0.2, 0.25) is 0 Å². The third kappa shape index (κ3) is 6.07. The van der Waals surface area contributed by atoms with Crippen LogP contribution in [-0.2, 0) is 9.59 Å². The van der Waals surface area contributed by atoms with Gasteiger partial charge in [0.25, 0.3) is 0 Å². The van der Waals surface area contributed by atoms with Gasteiger partial charge >= 0.3 is 17.8 Å². The van der Waals surface area contributed by atoms with Crippen LogP contribution in [-0.4, -0.2) is 42.3 Å². The van der Waals surface area contributed by atoms with Gasteiger partial charge < -0.3 is 15.2 Å². The molecule has 0 spiro atoms. The number of carboxylic acids is 1. The summed E-state index contributed by atoms with van der Waals surface area (Å²) in [5.74, 6) is -2.53. The zero-order valence-electron chi connectivity index (χ0n) is 13.7. The number of hydrazone groups is 1. The Morgan fingerprint density at radius 1 is 1.25 bits per heavy atom. The number of nitrogens with zero attached hydrogens (tertiary/aromatic N) is 1. The molecular weight excluding hydrogens is 314 g/mol. The van der Waals surface area contributed by atoms with E-state index in [0.717, 1.165) is 12.8 Å². The van der Waals surface area contributed by atoms with E-state index in [-0.39, 0.29) is 11.3 Å². The zero-order chi connectivity index (χ0) is 17.9. The Morgan fingerprint density at radius 3 is 2.62 bits per heavy atom. The van der Waals surface area contributed by atoms with Crippen molar-refractivity contribution in [1.29, 1.82) is 0 Å². The van der Waals surface area contributed by atoms with Crippen LogP contribution in [0.4, 0.5) is 0 Å². The number of amides is 2. The van der Waals surface area contributed by atoms with Crippen molar-refractivity contribution in [3.8, 4) is 5.75 Å². The van der Waals surface area contributed by atoms with E-state index >= 15 is 0 Å². The van der Waals surface area contributed by atoms with E-state index in [2.05, 4.69) is 15.8 Å². The van der Waals surface area contributed by atoms with Crippen molar-refractivity contribution >= 4 is 24.0 Å². The first-order valence-corrected chi connectivity index (χ1v) is 7.61. The Bertz CT molecular complexity index is 628. The molecular formula is C16H21N3O5. The monoisotopic (exact) mass is 335 g/mol. The maximum Gasteiger partial charge on any atom is 0.339 e. The normalized spacial score (nSPS) is 10.4. The molecule has 0 radical (unpaired) electrons. The largest absolute Gasteiger partial charge is 0.493 e. The van der Waals surface area contributed by atoms with Crippen molar-refractivity contribution in [3.63, 3.8) is 0 Å². The van der Waals surface area contributed by atoms with Crippen molar-refractivity contribution in [2.75, 3.05) is 13.2 Å². The molecule has 0 aliphatic rings. The summed E-state index contributed by atoms with van der Waals surface area (Å²) >= 11 is 0. The number of aromatic carboxylic acids is 1. The van der Waals surface area contributed by atoms with Crippen LogP contribution in [0, 0.1) is 0 Å². The molecule has 0 saturated carbocycles. The van der Waals surface area contributed by atoms with Crippen molar-refractivity contribution in [2.45, 2.75) is 26.7 Å². The highest BCUT2D eigenvalue weighted by Crippen LogP contribution is 2.19. The summed E-state index contributed by atoms with van der Waals surface area (Å²) in [6, 6.07) is 4.46. The molecule has 3 N–H and O–H groups in total. The summed E-state index contributed by atoms with van der Waals surface area (Å²) in [6.07, 6.45) is 2.94. The SMILES string of the molecule is CCCCNC(=O)C(=O)N/N=C\c1ccc(OCC)c(C(=O)O)c1. The van der Waals surface area contributed by atoms with Gasteiger partial charge in [-0.1, -0.05) is 13.3 Å². The van der Waals surface area contributed by atoms with Crippen molar-refractivity contribution < 1.29 is 24.2 Å². The summed E-state index contributed by atoms with van der Waals surface area (Å²) < 4.78 is 5.23. The predicted molar refractivity (Wildman–Crippen MR) is 88.2 cm³/mol. The molecule has 0 bridgehead atoms. The van der Waals surface area contributed by atoms with Crippen LogP contribution in [0.5, 0.6) is 5.75 Å². The molecule has 8 heteroatoms. The van der Waals surface area contributed by atoms with Crippen molar-refractivity contribution in [2.24, 2.45) is 5.10 Å². The minimum atomic E-state index is -1.13. The summed E-state index contributed by atoms with van der Waals surface area (Å²) in [7, 11) is 0. The molecule has 0 unspecified atom stereocenters. The molecule has 0 aliphatic carbocycles. The number of nitrogens with one attached hydrogen (secondary N) is 2. The highest BCUT2D eigenvalue weighted by molar-refractivity contribution is 6.35. The number of rotatable bonds is 8. The molecule has 0 heterocycles. The van der Waals surface area contributed by atoms with Crippen molar-refractivity contribution in [3.05, 3.63) is 29.3 Å². The Kier molecular flexibility index (Phi) is 7.97. The van der Waals surface area contributed by atoms with E-state index in [1.807, 2.05) is 6.92 Å². The average Bonchev–Trinajstić information content (AvgIpc) is 2.56. The van der Waals surface area contributed by atoms with Crippen molar-refractivity contribution in [1.82, 2.24) is 10.7 Å². The highest BCUT2D eigenvalue weighted by atomic mass is 16.5. The highest BCUT2D eigenvalue weighted by Gasteiger charge is 2.12. The van der Waals surface area contributed by atoms with Gasteiger partial charge in [-0.25, -0.2) is 10.2 Å². The second-order valence-corrected chi connectivity index (χ2v) is 4.80. The molecule has 8 nitrogen and oxygen atoms in total. The maximum atomic E-state index is 11.5. The number of hydrogen-bond donors (Lipinski definition) is 3. The molecule has 0 aliphatic heterocycles. The zero-order valence-corrected chi connectivity index (χ0v) is 13.7. The topological polar surface area (TPSA) is 117 Å². The van der Waals surface area contributed by atoms with Crippen LogP contribution >= 0.6 is 0 Å². The Morgan fingerprint density at radius 2 is 2.00 bits per heavy atom. The number of hydrogen-bond acceptors (Lipinski definition) is 5. The van der Waals surface area contributed by atoms with Gasteiger partial charge in [-0.05, 0) is 37.1 Å². The standard InChI is InChI=1S/C16H21N3O5/c1-3-5-8-17-14(20)15(21)19-18-10-11-6-7-13(24-4-2)12(9-11)16(22)23/h6-7,9-10H,3-5,8H2,1-2H3,(H,17,20)(H,19,21)(H,22,23)/b18-10-. The summed E-state index contributed by atoms with van der Waals surface area (Å²) in [6.45, 7) is 4.49. The van der Waals surface area contributed by atoms with Crippen LogP contribution in [0.25, 0.3) is 0 Å². The van der Waals surface area contributed by atoms with Gasteiger partial charge in [-0.3, -0.25) is 9.59 Å². The lowest BCUT2D eigenvalue weighted by molar-refractivity contribution is -0.139. The lowest BCUT2D eigenvalue weighted by Gasteiger charge is -2.07. The van der Waals surface area contributed by atoms with Gasteiger partial charge in [-0.15, -0.1) is 0 Å². The number of carbonyl (C=O) groups is 3. The Balaban J connectivity index is 2.67. The fraction of sp³-hybridized carbons (Fsp3) is 0.375. The van der Waals surface area contributed by atoms with E-state index in [9.17, 15) is 14.4 Å². The minimum absolute atomic E-state index is 0.00978. The molecule has 0 aromatic heterocycles. The van der Waals surface area contributed by atoms with Gasteiger partial charge in [0, 0.05) is 6.54 Å². The van der Waals surface area contributed by atoms with E-state index < -0.39 is 17.8 Å². The van der Waals surface area contributed by atoms with Crippen LogP contribution in [0.3, 0.4) is 0 Å². The third-order valence-corrected chi connectivity index (χ3v) is 2.94. The fourth-order valence-electron chi connectivity index (χ4n) is 1.75. The first kappa shape index (κ1) is 19.1. The lowest BCUT2D eigenvalue weighted by atomic mass is 10.1. The van der Waals surface area contributed by atoms with Gasteiger partial charge in [0.1, 0.15) is 11.3 Å². The van der Waals surface area contributed by atoms with Gasteiger partial charge in [-0.2, -0.15) is 5.10 Å². The number of carboxylic acid groups (broad SMARTS) is 1. The van der Waals surface area contributed by atoms with Gasteiger partial charge in [0.05, 0.1) is 12.8 Å². The molecule has 1 aromatic rings. The molecule has 24 heavy (non-hydrogen) atoms. The first-order valence-electron chi connectivity index (χ1n) is 7.61. The second kappa shape index (κ2) is 9.98. The van der Waals surface area contributed by atoms with E-state index in [4.69, 9.17) is 9.84 Å². The average molecular weight is 335 g/mol. The van der Waals surface area contributed by atoms with E-state index in [0.29, 0.717) is 18.7 Å². The minimum Gasteiger partial charge on any atom is -0.493 e. The molecule has 0 atom stereocenters. The van der Waals surface area contributed by atoms with Crippen LogP contribution in [0.1, 0.15) is 42.6 Å². The van der Waals surface area contributed by atoms with Gasteiger partial charge in [0.15, 0.2) is 0 Å². The van der Waals surface area contributed by atoms with Crippen LogP contribution in [0.15, 0.2) is 23.3 Å². The number of unbranched alkanes of at least 4 members (excludes halogenated alkanes) is 1. The lowest BCUT2D eigenvalue weighted by Crippen LogP contribution is -2.38. The summed E-state index contributed by atoms with van der Waals surface area (Å²) in [5.41, 5.74) is 2.52. The van der Waals surface area contributed by atoms with Crippen LogP contribution < -0.4 is 15.5 Å². The molecule has 130 valence electrons. The second-order valence-electron chi connectivity index (χ2n) is 4.80. The van der Waals surface area contributed by atoms with E-state index in [1.165, 1.54) is 18.3 Å².